The molecule has 0 spiro atoms. The number of carbonyl (C=O) groups excluding carboxylic acids is 1. The van der Waals surface area contributed by atoms with E-state index in [2.05, 4.69) is 18.7 Å². The summed E-state index contributed by atoms with van der Waals surface area (Å²) in [5, 5.41) is 0. The molecule has 17 heavy (non-hydrogen) atoms. The molecule has 0 aromatic heterocycles. The zero-order valence-corrected chi connectivity index (χ0v) is 11.6. The van der Waals surface area contributed by atoms with Crippen LogP contribution in [0.15, 0.2) is 0 Å². The Bertz CT molecular complexity index is 224. The predicted octanol–water partition coefficient (Wildman–Crippen LogP) is 2.98. The van der Waals surface area contributed by atoms with Gasteiger partial charge in [-0.2, -0.15) is 0 Å². The van der Waals surface area contributed by atoms with Crippen LogP contribution in [0.3, 0.4) is 0 Å². The van der Waals surface area contributed by atoms with Gasteiger partial charge in [-0.05, 0) is 32.7 Å². The van der Waals surface area contributed by atoms with E-state index in [0.717, 1.165) is 13.0 Å². The molecule has 0 aromatic rings. The van der Waals surface area contributed by atoms with Gasteiger partial charge in [-0.15, -0.1) is 0 Å². The highest BCUT2D eigenvalue weighted by molar-refractivity contribution is 5.75. The molecule has 1 aliphatic carbocycles. The third-order valence-corrected chi connectivity index (χ3v) is 3.75. The van der Waals surface area contributed by atoms with Gasteiger partial charge in [0.05, 0.1) is 6.61 Å². The Morgan fingerprint density at radius 3 is 2.35 bits per heavy atom. The number of rotatable bonds is 6. The lowest BCUT2D eigenvalue weighted by Gasteiger charge is -2.37. The molecule has 0 bridgehead atoms. The molecule has 0 aliphatic heterocycles. The van der Waals surface area contributed by atoms with Crippen molar-refractivity contribution in [2.45, 2.75) is 71.4 Å². The number of likely N-dealkylation sites (N-methyl/N-ethyl adjacent to an activating group) is 1. The van der Waals surface area contributed by atoms with Gasteiger partial charge in [0.2, 0.25) is 0 Å². The summed E-state index contributed by atoms with van der Waals surface area (Å²) in [5.74, 6) is -0.0394. The van der Waals surface area contributed by atoms with Gasteiger partial charge in [0.15, 0.2) is 0 Å². The normalized spacial score (nSPS) is 19.3. The highest BCUT2D eigenvalue weighted by atomic mass is 16.5. The topological polar surface area (TPSA) is 29.5 Å². The van der Waals surface area contributed by atoms with Crippen molar-refractivity contribution in [1.29, 1.82) is 0 Å². The van der Waals surface area contributed by atoms with Crippen molar-refractivity contribution in [3.05, 3.63) is 0 Å². The van der Waals surface area contributed by atoms with Crippen LogP contribution in [0.4, 0.5) is 0 Å². The van der Waals surface area contributed by atoms with E-state index in [4.69, 9.17) is 4.74 Å². The molecule has 0 heterocycles. The summed E-state index contributed by atoms with van der Waals surface area (Å²) in [4.78, 5) is 14.3. The van der Waals surface area contributed by atoms with E-state index < -0.39 is 0 Å². The molecular weight excluding hydrogens is 214 g/mol. The van der Waals surface area contributed by atoms with Crippen LogP contribution >= 0.6 is 0 Å². The van der Waals surface area contributed by atoms with Crippen LogP contribution in [0.1, 0.15) is 59.3 Å². The Hall–Kier alpha value is -0.570. The Labute approximate surface area is 106 Å². The molecule has 1 aliphatic rings. The zero-order valence-electron chi connectivity index (χ0n) is 11.6. The molecule has 3 nitrogen and oxygen atoms in total. The number of carbonyl (C=O) groups is 1. The molecule has 1 rings (SSSR count). The maximum absolute atomic E-state index is 12.0. The first-order valence-electron chi connectivity index (χ1n) is 7.16. The number of ether oxygens (including phenoxy) is 1. The van der Waals surface area contributed by atoms with Gasteiger partial charge in [-0.3, -0.25) is 9.69 Å². The van der Waals surface area contributed by atoms with Crippen molar-refractivity contribution in [2.75, 3.05) is 13.2 Å². The van der Waals surface area contributed by atoms with Crippen molar-refractivity contribution in [3.8, 4) is 0 Å². The monoisotopic (exact) mass is 241 g/mol. The number of hydrogen-bond acceptors (Lipinski definition) is 3. The molecule has 100 valence electrons. The Balaban J connectivity index is 2.64. The van der Waals surface area contributed by atoms with Gasteiger partial charge in [0.1, 0.15) is 6.04 Å². The summed E-state index contributed by atoms with van der Waals surface area (Å²) in [5.41, 5.74) is 0. The van der Waals surface area contributed by atoms with Crippen LogP contribution in [0, 0.1) is 0 Å². The Morgan fingerprint density at radius 2 is 1.88 bits per heavy atom. The summed E-state index contributed by atoms with van der Waals surface area (Å²) < 4.78 is 5.19. The van der Waals surface area contributed by atoms with Crippen LogP contribution < -0.4 is 0 Å². The second-order valence-corrected chi connectivity index (χ2v) is 4.80. The fraction of sp³-hybridized carbons (Fsp3) is 0.929. The van der Waals surface area contributed by atoms with Crippen LogP contribution in [0.25, 0.3) is 0 Å². The van der Waals surface area contributed by atoms with Gasteiger partial charge in [0, 0.05) is 6.04 Å². The van der Waals surface area contributed by atoms with Crippen molar-refractivity contribution >= 4 is 5.97 Å². The van der Waals surface area contributed by atoms with Crippen molar-refractivity contribution in [1.82, 2.24) is 4.90 Å². The fourth-order valence-electron chi connectivity index (χ4n) is 2.92. The van der Waals surface area contributed by atoms with Crippen LogP contribution in [-0.4, -0.2) is 36.1 Å². The third-order valence-electron chi connectivity index (χ3n) is 3.75. The molecule has 1 saturated carbocycles. The quantitative estimate of drug-likeness (QED) is 0.670. The minimum absolute atomic E-state index is 0.0388. The second kappa shape index (κ2) is 7.70. The number of esters is 1. The molecule has 0 amide bonds. The van der Waals surface area contributed by atoms with Crippen LogP contribution in [-0.2, 0) is 9.53 Å². The van der Waals surface area contributed by atoms with Crippen molar-refractivity contribution in [2.24, 2.45) is 0 Å². The number of nitrogens with zero attached hydrogens (tertiary/aromatic N) is 1. The Kier molecular flexibility index (Phi) is 6.56. The molecular formula is C14H27NO2. The maximum atomic E-state index is 12.0. The minimum Gasteiger partial charge on any atom is -0.465 e. The highest BCUT2D eigenvalue weighted by Crippen LogP contribution is 2.25. The molecule has 0 radical (unpaired) electrons. The average Bonchev–Trinajstić information content (AvgIpc) is 2.37. The lowest BCUT2D eigenvalue weighted by Crippen LogP contribution is -2.48. The first-order chi connectivity index (χ1) is 8.24. The molecule has 1 fully saturated rings. The highest BCUT2D eigenvalue weighted by Gasteiger charge is 2.30. The molecule has 0 aromatic carbocycles. The van der Waals surface area contributed by atoms with Gasteiger partial charge >= 0.3 is 5.97 Å². The largest absolute Gasteiger partial charge is 0.465 e. The van der Waals surface area contributed by atoms with E-state index in [0.29, 0.717) is 12.6 Å². The summed E-state index contributed by atoms with van der Waals surface area (Å²) in [6.07, 6.45) is 7.29. The average molecular weight is 241 g/mol. The van der Waals surface area contributed by atoms with Crippen molar-refractivity contribution < 1.29 is 9.53 Å². The standard InChI is InChI=1S/C14H27NO2/c1-4-13(14(16)17-6-3)15(5-2)12-10-8-7-9-11-12/h12-13H,4-11H2,1-3H3. The van der Waals surface area contributed by atoms with E-state index in [1.807, 2.05) is 6.92 Å². The molecule has 0 N–H and O–H groups in total. The molecule has 0 saturated heterocycles. The zero-order chi connectivity index (χ0) is 12.7. The van der Waals surface area contributed by atoms with Crippen molar-refractivity contribution in [3.63, 3.8) is 0 Å². The summed E-state index contributed by atoms with van der Waals surface area (Å²) >= 11 is 0. The van der Waals surface area contributed by atoms with E-state index >= 15 is 0 Å². The Morgan fingerprint density at radius 1 is 1.24 bits per heavy atom. The molecule has 1 unspecified atom stereocenters. The minimum atomic E-state index is -0.0394. The fourth-order valence-corrected chi connectivity index (χ4v) is 2.92. The first-order valence-corrected chi connectivity index (χ1v) is 7.16. The van der Waals surface area contributed by atoms with E-state index in [9.17, 15) is 4.79 Å². The van der Waals surface area contributed by atoms with Gasteiger partial charge < -0.3 is 4.74 Å². The smallest absolute Gasteiger partial charge is 0.323 e. The lowest BCUT2D eigenvalue weighted by molar-refractivity contribution is -0.151. The first kappa shape index (κ1) is 14.5. The third kappa shape index (κ3) is 3.98. The number of hydrogen-bond donors (Lipinski definition) is 0. The molecule has 1 atom stereocenters. The maximum Gasteiger partial charge on any atom is 0.323 e. The predicted molar refractivity (Wildman–Crippen MR) is 70.0 cm³/mol. The van der Waals surface area contributed by atoms with E-state index in [-0.39, 0.29) is 12.0 Å². The van der Waals surface area contributed by atoms with E-state index in [1.54, 1.807) is 0 Å². The van der Waals surface area contributed by atoms with Gasteiger partial charge in [-0.25, -0.2) is 0 Å². The van der Waals surface area contributed by atoms with Crippen LogP contribution in [0.5, 0.6) is 0 Å². The van der Waals surface area contributed by atoms with Gasteiger partial charge in [-0.1, -0.05) is 33.1 Å². The SMILES string of the molecule is CCOC(=O)C(CC)N(CC)C1CCCCC1. The summed E-state index contributed by atoms with van der Waals surface area (Å²) in [6, 6.07) is 0.547. The summed E-state index contributed by atoms with van der Waals surface area (Å²) in [7, 11) is 0. The second-order valence-electron chi connectivity index (χ2n) is 4.80. The lowest BCUT2D eigenvalue weighted by atomic mass is 9.93. The van der Waals surface area contributed by atoms with Gasteiger partial charge in [0.25, 0.3) is 0 Å². The molecule has 3 heteroatoms. The van der Waals surface area contributed by atoms with E-state index in [1.165, 1.54) is 32.1 Å². The summed E-state index contributed by atoms with van der Waals surface area (Å²) in [6.45, 7) is 7.53. The van der Waals surface area contributed by atoms with Crippen LogP contribution in [0.2, 0.25) is 0 Å².